The van der Waals surface area contributed by atoms with Crippen LogP contribution >= 0.6 is 0 Å². The van der Waals surface area contributed by atoms with Crippen molar-refractivity contribution in [1.29, 1.82) is 0 Å². The number of ether oxygens (including phenoxy) is 1. The van der Waals surface area contributed by atoms with E-state index in [2.05, 4.69) is 15.3 Å². The van der Waals surface area contributed by atoms with Gasteiger partial charge in [0.05, 0.1) is 11.7 Å². The van der Waals surface area contributed by atoms with Crippen LogP contribution in [-0.4, -0.2) is 26.5 Å². The SMILES string of the molecule is Cc1oc2ncn(C)c(=O)c2c1C(=O)NCc1ccc(OC(C)C)nc1. The summed E-state index contributed by atoms with van der Waals surface area (Å²) < 4.78 is 12.2. The van der Waals surface area contributed by atoms with Gasteiger partial charge in [0, 0.05) is 25.9 Å². The molecule has 0 saturated heterocycles. The lowest BCUT2D eigenvalue weighted by atomic mass is 10.1. The maximum atomic E-state index is 12.6. The molecule has 0 atom stereocenters. The van der Waals surface area contributed by atoms with E-state index in [-0.39, 0.29) is 34.9 Å². The number of carbonyl (C=O) groups excluding carboxylic acids is 1. The third-order valence-corrected chi connectivity index (χ3v) is 3.78. The topological polar surface area (TPSA) is 99.2 Å². The fourth-order valence-corrected chi connectivity index (χ4v) is 2.56. The number of furan rings is 1. The Morgan fingerprint density at radius 3 is 2.77 bits per heavy atom. The molecule has 8 heteroatoms. The second-order valence-electron chi connectivity index (χ2n) is 6.23. The number of hydrogen-bond acceptors (Lipinski definition) is 6. The molecule has 26 heavy (non-hydrogen) atoms. The number of aryl methyl sites for hydroxylation is 2. The average Bonchev–Trinajstić information content (AvgIpc) is 2.94. The van der Waals surface area contributed by atoms with Crippen molar-refractivity contribution in [2.24, 2.45) is 7.05 Å². The maximum Gasteiger partial charge on any atom is 0.265 e. The van der Waals surface area contributed by atoms with Crippen LogP contribution in [0, 0.1) is 6.92 Å². The lowest BCUT2D eigenvalue weighted by Crippen LogP contribution is -2.26. The first kappa shape index (κ1) is 17.7. The van der Waals surface area contributed by atoms with E-state index in [1.165, 1.54) is 10.9 Å². The summed E-state index contributed by atoms with van der Waals surface area (Å²) in [5.41, 5.74) is 0.855. The van der Waals surface area contributed by atoms with Crippen LogP contribution in [0.5, 0.6) is 5.88 Å². The summed E-state index contributed by atoms with van der Waals surface area (Å²) in [5, 5.41) is 2.97. The third-order valence-electron chi connectivity index (χ3n) is 3.78. The highest BCUT2D eigenvalue weighted by Crippen LogP contribution is 2.20. The molecular weight excluding hydrogens is 336 g/mol. The number of aromatic nitrogens is 3. The molecule has 0 spiro atoms. The Morgan fingerprint density at radius 1 is 1.35 bits per heavy atom. The van der Waals surface area contributed by atoms with Crippen LogP contribution in [0.1, 0.15) is 35.5 Å². The Hall–Kier alpha value is -3.16. The van der Waals surface area contributed by atoms with E-state index < -0.39 is 5.91 Å². The number of rotatable bonds is 5. The highest BCUT2D eigenvalue weighted by Gasteiger charge is 2.22. The molecule has 0 aliphatic carbocycles. The van der Waals surface area contributed by atoms with E-state index >= 15 is 0 Å². The molecule has 3 heterocycles. The van der Waals surface area contributed by atoms with Crippen molar-refractivity contribution in [2.75, 3.05) is 0 Å². The molecule has 0 unspecified atom stereocenters. The van der Waals surface area contributed by atoms with Crippen LogP contribution in [0.25, 0.3) is 11.1 Å². The van der Waals surface area contributed by atoms with Gasteiger partial charge in [0.15, 0.2) is 0 Å². The quantitative estimate of drug-likeness (QED) is 0.750. The fraction of sp³-hybridized carbons (Fsp3) is 0.333. The standard InChI is InChI=1S/C18H20N4O4/c1-10(2)25-13-6-5-12(7-19-13)8-20-16(23)14-11(3)26-17-15(14)18(24)22(4)9-21-17/h5-7,9-10H,8H2,1-4H3,(H,20,23). The summed E-state index contributed by atoms with van der Waals surface area (Å²) in [6, 6.07) is 3.57. The Labute approximate surface area is 149 Å². The second kappa shape index (κ2) is 6.99. The zero-order chi connectivity index (χ0) is 18.8. The Bertz CT molecular complexity index is 1000. The zero-order valence-electron chi connectivity index (χ0n) is 15.1. The van der Waals surface area contributed by atoms with Crippen LogP contribution in [0.2, 0.25) is 0 Å². The summed E-state index contributed by atoms with van der Waals surface area (Å²) in [6.07, 6.45) is 3.04. The minimum Gasteiger partial charge on any atom is -0.475 e. The van der Waals surface area contributed by atoms with Crippen molar-refractivity contribution >= 4 is 17.0 Å². The van der Waals surface area contributed by atoms with Crippen LogP contribution in [0.3, 0.4) is 0 Å². The molecule has 1 amide bonds. The number of hydrogen-bond donors (Lipinski definition) is 1. The van der Waals surface area contributed by atoms with Gasteiger partial charge < -0.3 is 19.0 Å². The van der Waals surface area contributed by atoms with Gasteiger partial charge in [0.25, 0.3) is 11.5 Å². The van der Waals surface area contributed by atoms with Gasteiger partial charge in [-0.15, -0.1) is 0 Å². The Morgan fingerprint density at radius 2 is 2.12 bits per heavy atom. The zero-order valence-corrected chi connectivity index (χ0v) is 15.1. The number of amides is 1. The van der Waals surface area contributed by atoms with Crippen LogP contribution in [0.15, 0.2) is 33.9 Å². The molecule has 0 saturated carbocycles. The molecule has 136 valence electrons. The van der Waals surface area contributed by atoms with Gasteiger partial charge in [-0.05, 0) is 26.3 Å². The van der Waals surface area contributed by atoms with E-state index in [1.54, 1.807) is 26.2 Å². The minimum atomic E-state index is -0.395. The van der Waals surface area contributed by atoms with E-state index in [0.717, 1.165) is 5.56 Å². The summed E-state index contributed by atoms with van der Waals surface area (Å²) in [7, 11) is 1.57. The molecule has 3 rings (SSSR count). The average molecular weight is 356 g/mol. The summed E-state index contributed by atoms with van der Waals surface area (Å²) in [5.74, 6) is 0.488. The summed E-state index contributed by atoms with van der Waals surface area (Å²) in [6.45, 7) is 5.75. The maximum absolute atomic E-state index is 12.6. The molecule has 8 nitrogen and oxygen atoms in total. The van der Waals surface area contributed by atoms with Gasteiger partial charge in [0.2, 0.25) is 11.6 Å². The van der Waals surface area contributed by atoms with Crippen molar-refractivity contribution < 1.29 is 13.9 Å². The fourth-order valence-electron chi connectivity index (χ4n) is 2.56. The third kappa shape index (κ3) is 3.44. The number of nitrogens with zero attached hydrogens (tertiary/aromatic N) is 3. The summed E-state index contributed by atoms with van der Waals surface area (Å²) in [4.78, 5) is 33.2. The van der Waals surface area contributed by atoms with Crippen molar-refractivity contribution in [1.82, 2.24) is 19.9 Å². The number of pyridine rings is 1. The molecule has 0 bridgehead atoms. The van der Waals surface area contributed by atoms with E-state index in [1.807, 2.05) is 19.9 Å². The highest BCUT2D eigenvalue weighted by atomic mass is 16.5. The molecule has 3 aromatic heterocycles. The molecule has 0 radical (unpaired) electrons. The molecule has 0 fully saturated rings. The number of nitrogens with one attached hydrogen (secondary N) is 1. The molecule has 0 aromatic carbocycles. The van der Waals surface area contributed by atoms with Gasteiger partial charge in [-0.2, -0.15) is 0 Å². The predicted molar refractivity (Wildman–Crippen MR) is 95.2 cm³/mol. The summed E-state index contributed by atoms with van der Waals surface area (Å²) >= 11 is 0. The van der Waals surface area contributed by atoms with E-state index in [0.29, 0.717) is 11.6 Å². The normalized spacial score (nSPS) is 11.1. The van der Waals surface area contributed by atoms with Gasteiger partial charge in [-0.25, -0.2) is 9.97 Å². The predicted octanol–water partition coefficient (Wildman–Crippen LogP) is 1.95. The van der Waals surface area contributed by atoms with Crippen LogP contribution in [0.4, 0.5) is 0 Å². The van der Waals surface area contributed by atoms with Gasteiger partial charge in [-0.3, -0.25) is 9.59 Å². The highest BCUT2D eigenvalue weighted by molar-refractivity contribution is 6.06. The minimum absolute atomic E-state index is 0.0432. The van der Waals surface area contributed by atoms with Crippen molar-refractivity contribution in [3.05, 3.63) is 51.9 Å². The van der Waals surface area contributed by atoms with Gasteiger partial charge >= 0.3 is 0 Å². The first-order valence-corrected chi connectivity index (χ1v) is 8.21. The molecule has 1 N–H and O–H groups in total. The number of fused-ring (bicyclic) bond motifs is 1. The first-order valence-electron chi connectivity index (χ1n) is 8.21. The molecule has 3 aromatic rings. The van der Waals surface area contributed by atoms with Crippen molar-refractivity contribution in [3.63, 3.8) is 0 Å². The monoisotopic (exact) mass is 356 g/mol. The second-order valence-corrected chi connectivity index (χ2v) is 6.23. The van der Waals surface area contributed by atoms with Gasteiger partial charge in [0.1, 0.15) is 17.5 Å². The van der Waals surface area contributed by atoms with Crippen LogP contribution in [-0.2, 0) is 13.6 Å². The smallest absolute Gasteiger partial charge is 0.265 e. The van der Waals surface area contributed by atoms with Gasteiger partial charge in [-0.1, -0.05) is 6.07 Å². The lowest BCUT2D eigenvalue weighted by molar-refractivity contribution is 0.0950. The first-order chi connectivity index (χ1) is 12.4. The number of carbonyl (C=O) groups is 1. The molecule has 0 aliphatic rings. The largest absolute Gasteiger partial charge is 0.475 e. The lowest BCUT2D eigenvalue weighted by Gasteiger charge is -2.09. The van der Waals surface area contributed by atoms with Crippen molar-refractivity contribution in [3.8, 4) is 5.88 Å². The van der Waals surface area contributed by atoms with Crippen molar-refractivity contribution in [2.45, 2.75) is 33.4 Å². The molecular formula is C18H20N4O4. The molecule has 0 aliphatic heterocycles. The van der Waals surface area contributed by atoms with E-state index in [9.17, 15) is 9.59 Å². The van der Waals surface area contributed by atoms with Crippen LogP contribution < -0.4 is 15.6 Å². The van der Waals surface area contributed by atoms with E-state index in [4.69, 9.17) is 9.15 Å². The Kier molecular flexibility index (Phi) is 4.75. The Balaban J connectivity index is 1.79.